The summed E-state index contributed by atoms with van der Waals surface area (Å²) in [6.45, 7) is 0. The van der Waals surface area contributed by atoms with Gasteiger partial charge in [0.15, 0.2) is 6.29 Å². The summed E-state index contributed by atoms with van der Waals surface area (Å²) in [5.41, 5.74) is 1.22. The summed E-state index contributed by atoms with van der Waals surface area (Å²) in [5, 5.41) is 1.77. The van der Waals surface area contributed by atoms with E-state index in [0.717, 1.165) is 16.8 Å². The molecule has 3 aromatic rings. The van der Waals surface area contributed by atoms with Gasteiger partial charge in [-0.3, -0.25) is 9.20 Å². The first-order chi connectivity index (χ1) is 9.69. The summed E-state index contributed by atoms with van der Waals surface area (Å²) in [6.07, 6.45) is 2.59. The monoisotopic (exact) mass is 322 g/mol. The predicted molar refractivity (Wildman–Crippen MR) is 81.2 cm³/mol. The van der Waals surface area contributed by atoms with Crippen LogP contribution in [0.15, 0.2) is 52.5 Å². The van der Waals surface area contributed by atoms with Crippen LogP contribution < -0.4 is 0 Å². The average Bonchev–Trinajstić information content (AvgIpc) is 2.80. The maximum Gasteiger partial charge on any atom is 0.169 e. The Hall–Kier alpha value is -1.49. The van der Waals surface area contributed by atoms with Gasteiger partial charge in [-0.1, -0.05) is 41.0 Å². The number of halogens is 2. The molecule has 0 aliphatic rings. The number of aromatic nitrogens is 2. The standard InChI is InChI=1S/C14H8Cl2N2OS/c15-9-4-5-10(16)12(7-9)20-14-11(8-19)18-6-2-1-3-13(18)17-14/h1-8H. The van der Waals surface area contributed by atoms with Gasteiger partial charge in [0.2, 0.25) is 0 Å². The van der Waals surface area contributed by atoms with E-state index < -0.39 is 0 Å². The highest BCUT2D eigenvalue weighted by Gasteiger charge is 2.14. The topological polar surface area (TPSA) is 34.4 Å². The van der Waals surface area contributed by atoms with Crippen LogP contribution in [0.2, 0.25) is 10.0 Å². The molecular formula is C14H8Cl2N2OS. The number of fused-ring (bicyclic) bond motifs is 1. The number of imidazole rings is 1. The Labute approximate surface area is 129 Å². The maximum atomic E-state index is 11.3. The molecule has 2 aromatic heterocycles. The molecule has 0 aliphatic carbocycles. The molecule has 0 aliphatic heterocycles. The fourth-order valence-electron chi connectivity index (χ4n) is 1.84. The first-order valence-corrected chi connectivity index (χ1v) is 7.31. The fourth-order valence-corrected chi connectivity index (χ4v) is 3.26. The van der Waals surface area contributed by atoms with Gasteiger partial charge in [-0.25, -0.2) is 4.98 Å². The lowest BCUT2D eigenvalue weighted by Crippen LogP contribution is -1.90. The second-order valence-electron chi connectivity index (χ2n) is 4.03. The molecule has 0 spiro atoms. The highest BCUT2D eigenvalue weighted by Crippen LogP contribution is 2.36. The van der Waals surface area contributed by atoms with Crippen molar-refractivity contribution in [1.82, 2.24) is 9.38 Å². The molecule has 3 rings (SSSR count). The van der Waals surface area contributed by atoms with E-state index in [1.54, 1.807) is 28.8 Å². The van der Waals surface area contributed by atoms with Gasteiger partial charge in [-0.15, -0.1) is 0 Å². The van der Waals surface area contributed by atoms with Crippen molar-refractivity contribution in [1.29, 1.82) is 0 Å². The predicted octanol–water partition coefficient (Wildman–Crippen LogP) is 4.60. The van der Waals surface area contributed by atoms with Gasteiger partial charge in [-0.05, 0) is 30.3 Å². The van der Waals surface area contributed by atoms with Crippen molar-refractivity contribution in [2.75, 3.05) is 0 Å². The minimum absolute atomic E-state index is 0.502. The number of hydrogen-bond acceptors (Lipinski definition) is 3. The number of hydrogen-bond donors (Lipinski definition) is 0. The number of rotatable bonds is 3. The van der Waals surface area contributed by atoms with Crippen molar-refractivity contribution in [3.8, 4) is 0 Å². The third kappa shape index (κ3) is 2.42. The van der Waals surface area contributed by atoms with Gasteiger partial charge in [-0.2, -0.15) is 0 Å². The van der Waals surface area contributed by atoms with Gasteiger partial charge in [0.1, 0.15) is 16.4 Å². The van der Waals surface area contributed by atoms with Gasteiger partial charge in [0, 0.05) is 16.1 Å². The summed E-state index contributed by atoms with van der Waals surface area (Å²) >= 11 is 13.4. The molecule has 0 N–H and O–H groups in total. The van der Waals surface area contributed by atoms with Crippen molar-refractivity contribution in [3.05, 3.63) is 58.3 Å². The number of benzene rings is 1. The highest BCUT2D eigenvalue weighted by molar-refractivity contribution is 7.99. The molecule has 0 saturated carbocycles. The number of nitrogens with zero attached hydrogens (tertiary/aromatic N) is 2. The molecule has 0 fully saturated rings. The maximum absolute atomic E-state index is 11.3. The van der Waals surface area contributed by atoms with Crippen LogP contribution in [0.25, 0.3) is 5.65 Å². The molecule has 0 amide bonds. The summed E-state index contributed by atoms with van der Waals surface area (Å²) in [4.78, 5) is 16.5. The van der Waals surface area contributed by atoms with E-state index in [1.165, 1.54) is 11.8 Å². The lowest BCUT2D eigenvalue weighted by Gasteiger charge is -2.02. The van der Waals surface area contributed by atoms with Crippen molar-refractivity contribution in [2.45, 2.75) is 9.92 Å². The zero-order valence-corrected chi connectivity index (χ0v) is 12.4. The van der Waals surface area contributed by atoms with Crippen LogP contribution in [-0.2, 0) is 0 Å². The summed E-state index contributed by atoms with van der Waals surface area (Å²) in [7, 11) is 0. The van der Waals surface area contributed by atoms with E-state index >= 15 is 0 Å². The van der Waals surface area contributed by atoms with Gasteiger partial charge >= 0.3 is 0 Å². The van der Waals surface area contributed by atoms with Crippen molar-refractivity contribution >= 4 is 46.9 Å². The number of aldehydes is 1. The van der Waals surface area contributed by atoms with E-state index in [9.17, 15) is 4.79 Å². The van der Waals surface area contributed by atoms with Gasteiger partial charge in [0.05, 0.1) is 5.02 Å². The van der Waals surface area contributed by atoms with E-state index in [1.807, 2.05) is 18.2 Å². The van der Waals surface area contributed by atoms with Crippen LogP contribution in [0.4, 0.5) is 0 Å². The van der Waals surface area contributed by atoms with E-state index in [-0.39, 0.29) is 0 Å². The third-order valence-corrected chi connectivity index (χ3v) is 4.47. The molecule has 0 radical (unpaired) electrons. The zero-order valence-electron chi connectivity index (χ0n) is 10.1. The SMILES string of the molecule is O=Cc1c(Sc2cc(Cl)ccc2Cl)nc2ccccn12. The van der Waals surface area contributed by atoms with Gasteiger partial charge < -0.3 is 0 Å². The normalized spacial score (nSPS) is 10.9. The van der Waals surface area contributed by atoms with Crippen LogP contribution in [0.5, 0.6) is 0 Å². The first-order valence-electron chi connectivity index (χ1n) is 5.74. The lowest BCUT2D eigenvalue weighted by molar-refractivity contribution is 0.111. The Morgan fingerprint density at radius 2 is 2.05 bits per heavy atom. The van der Waals surface area contributed by atoms with E-state index in [0.29, 0.717) is 20.8 Å². The van der Waals surface area contributed by atoms with Crippen molar-refractivity contribution in [3.63, 3.8) is 0 Å². The van der Waals surface area contributed by atoms with Crippen molar-refractivity contribution in [2.24, 2.45) is 0 Å². The number of pyridine rings is 1. The Bertz CT molecular complexity index is 801. The lowest BCUT2D eigenvalue weighted by atomic mass is 10.4. The van der Waals surface area contributed by atoms with Crippen LogP contribution in [0.3, 0.4) is 0 Å². The first kappa shape index (κ1) is 13.5. The quantitative estimate of drug-likeness (QED) is 0.660. The zero-order chi connectivity index (χ0) is 14.1. The third-order valence-electron chi connectivity index (χ3n) is 2.74. The van der Waals surface area contributed by atoms with E-state index in [4.69, 9.17) is 23.2 Å². The van der Waals surface area contributed by atoms with Crippen LogP contribution >= 0.6 is 35.0 Å². The molecule has 6 heteroatoms. The largest absolute Gasteiger partial charge is 0.296 e. The highest BCUT2D eigenvalue weighted by atomic mass is 35.5. The van der Waals surface area contributed by atoms with Crippen molar-refractivity contribution < 1.29 is 4.79 Å². The Kier molecular flexibility index (Phi) is 3.70. The Balaban J connectivity index is 2.10. The molecule has 0 saturated heterocycles. The van der Waals surface area contributed by atoms with Crippen LogP contribution in [0.1, 0.15) is 10.5 Å². The molecule has 3 nitrogen and oxygen atoms in total. The molecule has 2 heterocycles. The summed E-state index contributed by atoms with van der Waals surface area (Å²) in [6, 6.07) is 10.8. The molecular weight excluding hydrogens is 315 g/mol. The molecule has 20 heavy (non-hydrogen) atoms. The second-order valence-corrected chi connectivity index (χ2v) is 5.90. The average molecular weight is 323 g/mol. The molecule has 0 bridgehead atoms. The number of carbonyl (C=O) groups is 1. The summed E-state index contributed by atoms with van der Waals surface area (Å²) < 4.78 is 1.74. The molecule has 0 atom stereocenters. The molecule has 0 unspecified atom stereocenters. The molecule has 1 aromatic carbocycles. The van der Waals surface area contributed by atoms with Crippen LogP contribution in [-0.4, -0.2) is 15.7 Å². The van der Waals surface area contributed by atoms with Gasteiger partial charge in [0.25, 0.3) is 0 Å². The van der Waals surface area contributed by atoms with Crippen LogP contribution in [0, 0.1) is 0 Å². The Morgan fingerprint density at radius 3 is 2.85 bits per heavy atom. The minimum atomic E-state index is 0.502. The smallest absolute Gasteiger partial charge is 0.169 e. The number of carbonyl (C=O) groups excluding carboxylic acids is 1. The summed E-state index contributed by atoms with van der Waals surface area (Å²) in [5.74, 6) is 0. The Morgan fingerprint density at radius 1 is 1.20 bits per heavy atom. The fraction of sp³-hybridized carbons (Fsp3) is 0. The molecule has 100 valence electrons. The van der Waals surface area contributed by atoms with E-state index in [2.05, 4.69) is 4.98 Å². The second kappa shape index (κ2) is 5.48. The minimum Gasteiger partial charge on any atom is -0.296 e.